The number of carbonyl (C=O) groups is 3. The molecule has 3 fully saturated rings. The Kier molecular flexibility index (Phi) is 6.67. The molecule has 1 spiro atoms. The third-order valence-electron chi connectivity index (χ3n) is 7.22. The fraction of sp³-hybridized carbons (Fsp3) is 0.625. The van der Waals surface area contributed by atoms with Crippen molar-refractivity contribution in [3.05, 3.63) is 24.0 Å². The predicted molar refractivity (Wildman–Crippen MR) is 121 cm³/mol. The highest BCUT2D eigenvalue weighted by Crippen LogP contribution is 2.35. The molecule has 0 aromatic heterocycles. The van der Waals surface area contributed by atoms with E-state index < -0.39 is 5.54 Å². The summed E-state index contributed by atoms with van der Waals surface area (Å²) in [7, 11) is 1.93. The molecule has 0 atom stereocenters. The highest BCUT2D eigenvalue weighted by atomic mass is 19.1. The van der Waals surface area contributed by atoms with Crippen LogP contribution in [0.15, 0.2) is 18.2 Å². The van der Waals surface area contributed by atoms with E-state index >= 15 is 0 Å². The van der Waals surface area contributed by atoms with Gasteiger partial charge in [-0.05, 0) is 50.3 Å². The van der Waals surface area contributed by atoms with E-state index in [4.69, 9.17) is 0 Å². The molecule has 0 radical (unpaired) electrons. The Hall–Kier alpha value is -2.64. The quantitative estimate of drug-likeness (QED) is 0.618. The van der Waals surface area contributed by atoms with Crippen LogP contribution in [0, 0.1) is 5.82 Å². The van der Waals surface area contributed by atoms with Crippen LogP contribution in [0.2, 0.25) is 0 Å². The molecule has 32 heavy (non-hydrogen) atoms. The van der Waals surface area contributed by atoms with Crippen molar-refractivity contribution in [2.45, 2.75) is 82.2 Å². The first-order chi connectivity index (χ1) is 15.4. The molecule has 4 amide bonds. The van der Waals surface area contributed by atoms with Gasteiger partial charge in [-0.2, -0.15) is 0 Å². The van der Waals surface area contributed by atoms with Crippen LogP contribution in [0.5, 0.6) is 0 Å². The highest BCUT2D eigenvalue weighted by Gasteiger charge is 2.52. The van der Waals surface area contributed by atoms with Crippen molar-refractivity contribution in [2.75, 3.05) is 23.8 Å². The predicted octanol–water partition coefficient (Wildman–Crippen LogP) is 4.18. The largest absolute Gasteiger partial charge is 0.369 e. The van der Waals surface area contributed by atoms with Crippen LogP contribution in [0.4, 0.5) is 20.6 Å². The van der Waals surface area contributed by atoms with E-state index in [9.17, 15) is 18.8 Å². The Labute approximate surface area is 188 Å². The van der Waals surface area contributed by atoms with Gasteiger partial charge in [0.1, 0.15) is 11.4 Å². The minimum Gasteiger partial charge on any atom is -0.369 e. The SMILES string of the molecule is CN(c1ccc(NC(=O)CCCN2C(=O)NC3(CCCC3)C2=O)cc1F)C1CCCCC1. The molecule has 2 N–H and O–H groups in total. The van der Waals surface area contributed by atoms with E-state index in [-0.39, 0.29) is 36.6 Å². The number of benzene rings is 1. The van der Waals surface area contributed by atoms with E-state index in [2.05, 4.69) is 10.6 Å². The molecule has 1 aliphatic heterocycles. The summed E-state index contributed by atoms with van der Waals surface area (Å²) in [4.78, 5) is 40.4. The number of imide groups is 1. The zero-order valence-electron chi connectivity index (χ0n) is 18.8. The van der Waals surface area contributed by atoms with Crippen molar-refractivity contribution in [1.29, 1.82) is 0 Å². The number of amides is 4. The molecule has 4 rings (SSSR count). The maximum atomic E-state index is 14.7. The summed E-state index contributed by atoms with van der Waals surface area (Å²) >= 11 is 0. The lowest BCUT2D eigenvalue weighted by Gasteiger charge is -2.33. The third-order valence-corrected chi connectivity index (χ3v) is 7.22. The van der Waals surface area contributed by atoms with Crippen LogP contribution < -0.4 is 15.5 Å². The molecular weight excluding hydrogens is 411 g/mol. The first-order valence-electron chi connectivity index (χ1n) is 11.9. The fourth-order valence-electron chi connectivity index (χ4n) is 5.35. The highest BCUT2D eigenvalue weighted by molar-refractivity contribution is 6.07. The van der Waals surface area contributed by atoms with Gasteiger partial charge in [0.2, 0.25) is 5.91 Å². The molecule has 1 aromatic rings. The van der Waals surface area contributed by atoms with Gasteiger partial charge >= 0.3 is 6.03 Å². The standard InChI is InChI=1S/C24H33FN4O3/c1-28(18-8-3-2-4-9-18)20-12-11-17(16-19(20)25)26-21(30)10-7-15-29-22(31)24(27-23(29)32)13-5-6-14-24/h11-12,16,18H,2-10,13-15H2,1H3,(H,26,30)(H,27,32). The van der Waals surface area contributed by atoms with E-state index in [1.807, 2.05) is 11.9 Å². The summed E-state index contributed by atoms with van der Waals surface area (Å²) in [6, 6.07) is 4.78. The van der Waals surface area contributed by atoms with E-state index in [1.54, 1.807) is 12.1 Å². The molecule has 1 aromatic carbocycles. The number of carbonyl (C=O) groups excluding carboxylic acids is 3. The minimum atomic E-state index is -0.719. The Morgan fingerprint density at radius 3 is 2.59 bits per heavy atom. The average Bonchev–Trinajstić information content (AvgIpc) is 3.34. The number of halogens is 1. The summed E-state index contributed by atoms with van der Waals surface area (Å²) in [5, 5.41) is 5.57. The second-order valence-electron chi connectivity index (χ2n) is 9.40. The Balaban J connectivity index is 1.26. The number of urea groups is 1. The van der Waals surface area contributed by atoms with Gasteiger partial charge in [0, 0.05) is 31.7 Å². The van der Waals surface area contributed by atoms with E-state index in [1.165, 1.54) is 30.2 Å². The number of nitrogens with one attached hydrogen (secondary N) is 2. The molecular formula is C24H33FN4O3. The third kappa shape index (κ3) is 4.59. The molecule has 0 bridgehead atoms. The minimum absolute atomic E-state index is 0.148. The van der Waals surface area contributed by atoms with Crippen LogP contribution in [0.3, 0.4) is 0 Å². The molecule has 1 heterocycles. The maximum absolute atomic E-state index is 14.7. The Morgan fingerprint density at radius 2 is 1.91 bits per heavy atom. The summed E-state index contributed by atoms with van der Waals surface area (Å²) in [5.41, 5.74) is 0.242. The van der Waals surface area contributed by atoms with Crippen molar-refractivity contribution in [3.8, 4) is 0 Å². The summed E-state index contributed by atoms with van der Waals surface area (Å²) in [5.74, 6) is -0.780. The molecule has 2 saturated carbocycles. The van der Waals surface area contributed by atoms with Gasteiger partial charge in [0.05, 0.1) is 5.69 Å². The van der Waals surface area contributed by atoms with Gasteiger partial charge in [-0.1, -0.05) is 32.1 Å². The fourth-order valence-corrected chi connectivity index (χ4v) is 5.35. The first-order valence-corrected chi connectivity index (χ1v) is 11.9. The second-order valence-corrected chi connectivity index (χ2v) is 9.40. The average molecular weight is 445 g/mol. The number of hydrogen-bond acceptors (Lipinski definition) is 4. The second kappa shape index (κ2) is 9.46. The van der Waals surface area contributed by atoms with Gasteiger partial charge in [-0.25, -0.2) is 9.18 Å². The molecule has 174 valence electrons. The summed E-state index contributed by atoms with van der Waals surface area (Å²) in [6.07, 6.45) is 9.52. The Morgan fingerprint density at radius 1 is 1.19 bits per heavy atom. The monoisotopic (exact) mass is 444 g/mol. The van der Waals surface area contributed by atoms with Crippen LogP contribution in [-0.4, -0.2) is 47.9 Å². The molecule has 0 unspecified atom stereocenters. The van der Waals surface area contributed by atoms with Crippen molar-refractivity contribution >= 4 is 29.2 Å². The maximum Gasteiger partial charge on any atom is 0.325 e. The van der Waals surface area contributed by atoms with Crippen LogP contribution in [-0.2, 0) is 9.59 Å². The molecule has 7 nitrogen and oxygen atoms in total. The lowest BCUT2D eigenvalue weighted by Crippen LogP contribution is -2.44. The van der Waals surface area contributed by atoms with Gasteiger partial charge in [-0.3, -0.25) is 14.5 Å². The topological polar surface area (TPSA) is 81.8 Å². The number of anilines is 2. The van der Waals surface area contributed by atoms with Gasteiger partial charge in [0.25, 0.3) is 5.91 Å². The van der Waals surface area contributed by atoms with Crippen molar-refractivity contribution < 1.29 is 18.8 Å². The number of nitrogens with zero attached hydrogens (tertiary/aromatic N) is 2. The molecule has 3 aliphatic rings. The van der Waals surface area contributed by atoms with Crippen molar-refractivity contribution in [1.82, 2.24) is 10.2 Å². The van der Waals surface area contributed by atoms with Crippen LogP contribution in [0.1, 0.15) is 70.6 Å². The normalized spacial score (nSPS) is 20.6. The summed E-state index contributed by atoms with van der Waals surface area (Å²) < 4.78 is 14.7. The van der Waals surface area contributed by atoms with Crippen LogP contribution in [0.25, 0.3) is 0 Å². The van der Waals surface area contributed by atoms with Gasteiger partial charge < -0.3 is 15.5 Å². The first kappa shape index (κ1) is 22.6. The Bertz CT molecular complexity index is 878. The van der Waals surface area contributed by atoms with Crippen molar-refractivity contribution in [3.63, 3.8) is 0 Å². The van der Waals surface area contributed by atoms with Crippen LogP contribution >= 0.6 is 0 Å². The van der Waals surface area contributed by atoms with Gasteiger partial charge in [-0.15, -0.1) is 0 Å². The smallest absolute Gasteiger partial charge is 0.325 e. The molecule has 8 heteroatoms. The zero-order chi connectivity index (χ0) is 22.7. The lowest BCUT2D eigenvalue weighted by molar-refractivity contribution is -0.131. The van der Waals surface area contributed by atoms with E-state index in [0.717, 1.165) is 25.7 Å². The van der Waals surface area contributed by atoms with E-state index in [0.29, 0.717) is 36.7 Å². The van der Waals surface area contributed by atoms with Crippen molar-refractivity contribution in [2.24, 2.45) is 0 Å². The molecule has 1 saturated heterocycles. The lowest BCUT2D eigenvalue weighted by atomic mass is 9.94. The number of hydrogen-bond donors (Lipinski definition) is 2. The number of rotatable bonds is 7. The molecule has 2 aliphatic carbocycles. The van der Waals surface area contributed by atoms with Gasteiger partial charge in [0.15, 0.2) is 0 Å². The summed E-state index contributed by atoms with van der Waals surface area (Å²) in [6.45, 7) is 0.208. The zero-order valence-corrected chi connectivity index (χ0v) is 18.8.